The second kappa shape index (κ2) is 20.9. The Morgan fingerprint density at radius 2 is 1.22 bits per heavy atom. The molecule has 0 radical (unpaired) electrons. The number of anilines is 1. The lowest BCUT2D eigenvalue weighted by Crippen LogP contribution is -2.49. The lowest BCUT2D eigenvalue weighted by molar-refractivity contribution is 0.0169. The third-order valence-corrected chi connectivity index (χ3v) is 12.5. The number of piperidine rings is 1. The molecular formula is C51H54BrClN6O8. The summed E-state index contributed by atoms with van der Waals surface area (Å²) in [6.45, 7) is 8.13. The summed E-state index contributed by atoms with van der Waals surface area (Å²) in [5.74, 6) is 2.70. The maximum atomic E-state index is 13.4. The van der Waals surface area contributed by atoms with Crippen molar-refractivity contribution in [3.8, 4) is 23.0 Å². The molecule has 0 unspecified atom stereocenters. The molecule has 0 atom stereocenters. The van der Waals surface area contributed by atoms with Crippen molar-refractivity contribution in [2.45, 2.75) is 57.7 Å². The minimum Gasteiger partial charge on any atom is -0.497 e. The number of methoxy groups -OCH3 is 4. The Hall–Kier alpha value is -6.58. The minimum atomic E-state index is -0.542. The lowest BCUT2D eigenvalue weighted by Gasteiger charge is -2.42. The van der Waals surface area contributed by atoms with Crippen LogP contribution >= 0.6 is 27.5 Å². The SMILES string of the molecule is COc1ccc(Cn2cnc3cc(Br)ccc3c2=O)c(OC)c1.COc1ccc(Cn2cnc3cc(NCC4(c5ccc(Cl)cc5)CCN(C(=O)OC(C)(C)C)CC4)ccc3c2=O)c(OC)c1. The molecule has 8 rings (SSSR count). The van der Waals surface area contributed by atoms with Gasteiger partial charge in [0.25, 0.3) is 11.1 Å². The lowest BCUT2D eigenvalue weighted by atomic mass is 9.72. The summed E-state index contributed by atoms with van der Waals surface area (Å²) in [7, 11) is 6.39. The molecule has 2 aromatic heterocycles. The molecule has 5 aromatic carbocycles. The van der Waals surface area contributed by atoms with Crippen LogP contribution in [-0.2, 0) is 23.2 Å². The molecule has 16 heteroatoms. The van der Waals surface area contributed by atoms with Crippen LogP contribution in [0.25, 0.3) is 21.8 Å². The molecule has 0 bridgehead atoms. The van der Waals surface area contributed by atoms with E-state index in [0.717, 1.165) is 39.7 Å². The molecule has 7 aromatic rings. The molecule has 0 aliphatic carbocycles. The van der Waals surface area contributed by atoms with Crippen LogP contribution in [0.1, 0.15) is 50.3 Å². The highest BCUT2D eigenvalue weighted by molar-refractivity contribution is 9.10. The predicted molar refractivity (Wildman–Crippen MR) is 266 cm³/mol. The van der Waals surface area contributed by atoms with Crippen molar-refractivity contribution in [3.05, 3.63) is 157 Å². The number of carbonyl (C=O) groups excluding carboxylic acids is 1. The van der Waals surface area contributed by atoms with E-state index in [4.69, 9.17) is 35.3 Å². The van der Waals surface area contributed by atoms with Gasteiger partial charge in [-0.1, -0.05) is 39.7 Å². The first-order chi connectivity index (χ1) is 32.1. The summed E-state index contributed by atoms with van der Waals surface area (Å²) in [6.07, 6.45) is 4.35. The topological polar surface area (TPSA) is 148 Å². The molecule has 0 saturated carbocycles. The summed E-state index contributed by atoms with van der Waals surface area (Å²) < 4.78 is 31.0. The van der Waals surface area contributed by atoms with Crippen LogP contribution in [0.3, 0.4) is 0 Å². The van der Waals surface area contributed by atoms with Gasteiger partial charge in [0.15, 0.2) is 0 Å². The highest BCUT2D eigenvalue weighted by Gasteiger charge is 2.38. The fourth-order valence-electron chi connectivity index (χ4n) is 8.04. The van der Waals surface area contributed by atoms with Crippen LogP contribution in [0.2, 0.25) is 5.02 Å². The summed E-state index contributed by atoms with van der Waals surface area (Å²) in [6, 6.07) is 30.1. The number of aromatic nitrogens is 4. The van der Waals surface area contributed by atoms with Crippen molar-refractivity contribution in [3.63, 3.8) is 0 Å². The van der Waals surface area contributed by atoms with Gasteiger partial charge in [0.1, 0.15) is 28.6 Å². The Labute approximate surface area is 402 Å². The van der Waals surface area contributed by atoms with Gasteiger partial charge in [0.05, 0.1) is 76.0 Å². The second-order valence-corrected chi connectivity index (χ2v) is 18.6. The van der Waals surface area contributed by atoms with E-state index in [-0.39, 0.29) is 22.6 Å². The standard InChI is InChI=1S/C34H39ClN4O5.C17H15BrN2O3/c1-33(2,3)44-32(41)38-16-14-34(15-17-38,24-7-9-25(35)10-8-24)21-36-26-11-13-28-29(18-26)37-22-39(31(28)40)20-23-6-12-27(42-4)19-30(23)43-5;1-22-13-5-3-11(16(8-13)23-2)9-20-10-19-15-7-12(18)4-6-14(15)17(20)21/h6-13,18-19,22,36H,14-17,20-21H2,1-5H3;3-8,10H,9H2,1-2H3. The van der Waals surface area contributed by atoms with Crippen molar-refractivity contribution in [1.82, 2.24) is 24.0 Å². The van der Waals surface area contributed by atoms with Gasteiger partial charge in [-0.2, -0.15) is 0 Å². The average molecular weight is 994 g/mol. The Morgan fingerprint density at radius 3 is 1.73 bits per heavy atom. The van der Waals surface area contributed by atoms with Gasteiger partial charge in [-0.05, 0) is 112 Å². The van der Waals surface area contributed by atoms with Crippen molar-refractivity contribution >= 4 is 61.1 Å². The number of ether oxygens (including phenoxy) is 5. The zero-order valence-electron chi connectivity index (χ0n) is 38.6. The van der Waals surface area contributed by atoms with E-state index in [0.29, 0.717) is 82.6 Å². The Bertz CT molecular complexity index is 3000. The molecule has 67 heavy (non-hydrogen) atoms. The summed E-state index contributed by atoms with van der Waals surface area (Å²) in [5.41, 5.74) is 4.04. The molecule has 14 nitrogen and oxygen atoms in total. The van der Waals surface area contributed by atoms with Gasteiger partial charge in [-0.3, -0.25) is 18.7 Å². The fraction of sp³-hybridized carbons (Fsp3) is 0.314. The molecular weight excluding hydrogens is 940 g/mol. The average Bonchev–Trinajstić information content (AvgIpc) is 3.32. The van der Waals surface area contributed by atoms with E-state index >= 15 is 0 Å². The Kier molecular flexibility index (Phi) is 15.1. The smallest absolute Gasteiger partial charge is 0.410 e. The van der Waals surface area contributed by atoms with Gasteiger partial charge < -0.3 is 33.9 Å². The van der Waals surface area contributed by atoms with Crippen LogP contribution in [0.5, 0.6) is 23.0 Å². The third kappa shape index (κ3) is 11.5. The van der Waals surface area contributed by atoms with E-state index in [1.54, 1.807) is 73.3 Å². The van der Waals surface area contributed by atoms with Crippen LogP contribution in [0.4, 0.5) is 10.5 Å². The van der Waals surface area contributed by atoms with Crippen molar-refractivity contribution < 1.29 is 28.5 Å². The number of hydrogen-bond donors (Lipinski definition) is 1. The number of nitrogens with zero attached hydrogens (tertiary/aromatic N) is 5. The molecule has 1 aliphatic heterocycles. The number of likely N-dealkylation sites (tertiary alicyclic amines) is 1. The van der Waals surface area contributed by atoms with Gasteiger partial charge in [-0.25, -0.2) is 14.8 Å². The summed E-state index contributed by atoms with van der Waals surface area (Å²) in [5, 5.41) is 5.40. The monoisotopic (exact) mass is 992 g/mol. The molecule has 1 fully saturated rings. The molecule has 1 amide bonds. The van der Waals surface area contributed by atoms with E-state index < -0.39 is 5.60 Å². The van der Waals surface area contributed by atoms with Gasteiger partial charge in [0.2, 0.25) is 0 Å². The van der Waals surface area contributed by atoms with Gasteiger partial charge in [-0.15, -0.1) is 0 Å². The fourth-order valence-corrected chi connectivity index (χ4v) is 8.52. The predicted octanol–water partition coefficient (Wildman–Crippen LogP) is 9.72. The first-order valence-corrected chi connectivity index (χ1v) is 22.8. The van der Waals surface area contributed by atoms with Gasteiger partial charge in [0, 0.05) is 63.5 Å². The van der Waals surface area contributed by atoms with Crippen molar-refractivity contribution in [2.24, 2.45) is 0 Å². The number of fused-ring (bicyclic) bond motifs is 2. The highest BCUT2D eigenvalue weighted by Crippen LogP contribution is 2.37. The van der Waals surface area contributed by atoms with Crippen LogP contribution in [0.15, 0.2) is 124 Å². The van der Waals surface area contributed by atoms with Gasteiger partial charge >= 0.3 is 6.09 Å². The van der Waals surface area contributed by atoms with E-state index in [1.165, 1.54) is 0 Å². The first kappa shape index (κ1) is 48.4. The largest absolute Gasteiger partial charge is 0.497 e. The first-order valence-electron chi connectivity index (χ1n) is 21.7. The maximum Gasteiger partial charge on any atom is 0.410 e. The van der Waals surface area contributed by atoms with Crippen molar-refractivity contribution in [1.29, 1.82) is 0 Å². The molecule has 1 N–H and O–H groups in total. The number of carbonyl (C=O) groups is 1. The van der Waals surface area contributed by atoms with E-state index in [2.05, 4.69) is 43.3 Å². The number of nitrogens with one attached hydrogen (secondary N) is 1. The molecule has 1 saturated heterocycles. The van der Waals surface area contributed by atoms with Crippen molar-refractivity contribution in [2.75, 3.05) is 53.4 Å². The summed E-state index contributed by atoms with van der Waals surface area (Å²) >= 11 is 9.60. The van der Waals surface area contributed by atoms with E-state index in [9.17, 15) is 14.4 Å². The van der Waals surface area contributed by atoms with Crippen LogP contribution in [-0.4, -0.2) is 83.8 Å². The number of rotatable bonds is 12. The molecule has 350 valence electrons. The zero-order chi connectivity index (χ0) is 47.9. The number of benzene rings is 5. The van der Waals surface area contributed by atoms with E-state index in [1.807, 2.05) is 87.5 Å². The Balaban J connectivity index is 0.000000242. The number of amides is 1. The Morgan fingerprint density at radius 1 is 0.701 bits per heavy atom. The molecule has 0 spiro atoms. The highest BCUT2D eigenvalue weighted by atomic mass is 79.9. The minimum absolute atomic E-state index is 0.0830. The number of hydrogen-bond acceptors (Lipinski definition) is 11. The van der Waals surface area contributed by atoms with Crippen LogP contribution < -0.4 is 35.4 Å². The second-order valence-electron chi connectivity index (χ2n) is 17.2. The third-order valence-electron chi connectivity index (χ3n) is 11.7. The molecule has 1 aliphatic rings. The molecule has 3 heterocycles. The zero-order valence-corrected chi connectivity index (χ0v) is 40.9. The normalized spacial score (nSPS) is 13.4. The van der Waals surface area contributed by atoms with Crippen LogP contribution in [0, 0.1) is 0 Å². The summed E-state index contributed by atoms with van der Waals surface area (Å²) in [4.78, 5) is 49.5. The maximum absolute atomic E-state index is 13.4. The number of halogens is 2. The quantitative estimate of drug-likeness (QED) is 0.125.